The van der Waals surface area contributed by atoms with Gasteiger partial charge in [0.15, 0.2) is 5.78 Å². The Bertz CT molecular complexity index is 1250. The number of benzene rings is 2. The van der Waals surface area contributed by atoms with Gasteiger partial charge in [0.1, 0.15) is 36.0 Å². The van der Waals surface area contributed by atoms with Crippen molar-refractivity contribution in [2.45, 2.75) is 69.7 Å². The monoisotopic (exact) mass is 525 g/mol. The van der Waals surface area contributed by atoms with Crippen LogP contribution < -0.4 is 4.74 Å². The molecule has 0 aromatic heterocycles. The van der Waals surface area contributed by atoms with Gasteiger partial charge in [0.05, 0.1) is 6.61 Å². The highest BCUT2D eigenvalue weighted by Crippen LogP contribution is 2.46. The molecule has 5 rings (SSSR count). The summed E-state index contributed by atoms with van der Waals surface area (Å²) in [7, 11) is 0. The number of hydrogen-bond acceptors (Lipinski definition) is 8. The van der Waals surface area contributed by atoms with Crippen LogP contribution in [0.1, 0.15) is 50.2 Å². The molecular weight excluding hydrogens is 493 g/mol. The van der Waals surface area contributed by atoms with Crippen molar-refractivity contribution in [2.75, 3.05) is 6.61 Å². The maximum atomic E-state index is 13.6. The summed E-state index contributed by atoms with van der Waals surface area (Å²) in [6.07, 6.45) is -5.32. The Labute approximate surface area is 220 Å². The normalized spacial score (nSPS) is 31.0. The van der Waals surface area contributed by atoms with Crippen molar-refractivity contribution in [1.29, 1.82) is 0 Å². The summed E-state index contributed by atoms with van der Waals surface area (Å²) in [5.41, 5.74) is 3.74. The van der Waals surface area contributed by atoms with E-state index in [-0.39, 0.29) is 22.9 Å². The zero-order valence-electron chi connectivity index (χ0n) is 21.3. The van der Waals surface area contributed by atoms with Gasteiger partial charge in [-0.05, 0) is 47.2 Å². The van der Waals surface area contributed by atoms with Crippen LogP contribution in [0.2, 0.25) is 0 Å². The average Bonchev–Trinajstić information content (AvgIpc) is 2.88. The number of carbonyl (C=O) groups excluding carboxylic acids is 1. The summed E-state index contributed by atoms with van der Waals surface area (Å²) < 4.78 is 24.7. The molecule has 1 fully saturated rings. The van der Waals surface area contributed by atoms with Crippen LogP contribution in [0.15, 0.2) is 64.8 Å². The zero-order chi connectivity index (χ0) is 27.2. The van der Waals surface area contributed by atoms with E-state index in [0.717, 1.165) is 22.5 Å². The molecule has 0 radical (unpaired) electrons. The summed E-state index contributed by atoms with van der Waals surface area (Å²) in [5.74, 6) is -0.158. The van der Waals surface area contributed by atoms with Gasteiger partial charge in [-0.15, -0.1) is 0 Å². The van der Waals surface area contributed by atoms with Gasteiger partial charge >= 0.3 is 0 Å². The molecule has 2 aromatic carbocycles. The molecule has 1 aliphatic carbocycles. The fourth-order valence-corrected chi connectivity index (χ4v) is 5.49. The lowest BCUT2D eigenvalue weighted by atomic mass is 9.69. The fourth-order valence-electron chi connectivity index (χ4n) is 5.49. The summed E-state index contributed by atoms with van der Waals surface area (Å²) in [5, 5.41) is 39.7. The van der Waals surface area contributed by atoms with Crippen molar-refractivity contribution >= 4 is 11.5 Å². The number of aliphatic hydroxyl groups excluding tert-OH is 4. The maximum Gasteiger partial charge on any atom is 0.229 e. The van der Waals surface area contributed by atoms with Gasteiger partial charge in [0, 0.05) is 35.7 Å². The van der Waals surface area contributed by atoms with E-state index in [9.17, 15) is 29.6 Å². The first-order valence-corrected chi connectivity index (χ1v) is 12.7. The molecule has 3 aliphatic rings. The first kappa shape index (κ1) is 26.6. The molecule has 8 nitrogen and oxygen atoms in total. The third-order valence-electron chi connectivity index (χ3n) is 7.47. The molecule has 202 valence electrons. The van der Waals surface area contributed by atoms with E-state index < -0.39 is 37.3 Å². The Kier molecular flexibility index (Phi) is 7.23. The van der Waals surface area contributed by atoms with E-state index in [1.165, 1.54) is 12.1 Å². The second kappa shape index (κ2) is 10.3. The highest BCUT2D eigenvalue weighted by Gasteiger charge is 2.45. The van der Waals surface area contributed by atoms with Crippen LogP contribution in [0, 0.1) is 11.2 Å². The van der Waals surface area contributed by atoms with E-state index in [2.05, 4.69) is 13.8 Å². The molecule has 1 saturated heterocycles. The summed E-state index contributed by atoms with van der Waals surface area (Å²) in [4.78, 5) is 18.2. The molecule has 38 heavy (non-hydrogen) atoms. The smallest absolute Gasteiger partial charge is 0.229 e. The SMILES string of the molecule is CC1(C)CC(=O)C2=C(C1)N=C(c1ccc(F)cc1)CC2c1ccc(O[C@@H]2O[C@H](CO)[C@@H](O)[C@@H](O)[C@H]2O)cc1. The van der Waals surface area contributed by atoms with Crippen molar-refractivity contribution in [3.63, 3.8) is 0 Å². The van der Waals surface area contributed by atoms with Gasteiger partial charge in [-0.25, -0.2) is 4.39 Å². The average molecular weight is 526 g/mol. The van der Waals surface area contributed by atoms with Crippen LogP contribution in [0.25, 0.3) is 0 Å². The zero-order valence-corrected chi connectivity index (χ0v) is 21.3. The Morgan fingerprint density at radius 2 is 1.68 bits per heavy atom. The van der Waals surface area contributed by atoms with Gasteiger partial charge in [0.25, 0.3) is 0 Å². The highest BCUT2D eigenvalue weighted by atomic mass is 19.1. The van der Waals surface area contributed by atoms with Gasteiger partial charge < -0.3 is 29.9 Å². The first-order chi connectivity index (χ1) is 18.1. The van der Waals surface area contributed by atoms with Crippen LogP contribution in [-0.2, 0) is 9.53 Å². The van der Waals surface area contributed by atoms with Gasteiger partial charge in [0.2, 0.25) is 6.29 Å². The number of halogens is 1. The maximum absolute atomic E-state index is 13.6. The number of ketones is 1. The second-order valence-corrected chi connectivity index (χ2v) is 11.0. The molecule has 9 heteroatoms. The topological polar surface area (TPSA) is 129 Å². The minimum absolute atomic E-state index is 0.0739. The number of allylic oxidation sites excluding steroid dienone is 2. The summed E-state index contributed by atoms with van der Waals surface area (Å²) >= 11 is 0. The number of hydrogen-bond donors (Lipinski definition) is 4. The lowest BCUT2D eigenvalue weighted by molar-refractivity contribution is -0.277. The van der Waals surface area contributed by atoms with Crippen molar-refractivity contribution in [2.24, 2.45) is 10.4 Å². The van der Waals surface area contributed by atoms with E-state index in [1.807, 2.05) is 12.1 Å². The van der Waals surface area contributed by atoms with Crippen LogP contribution in [0.5, 0.6) is 5.75 Å². The standard InChI is InChI=1S/C29H32FNO7/c1-29(2)12-21-24(22(33)13-29)19(11-20(31-21)16-3-7-17(30)8-4-16)15-5-9-18(10-6-15)37-28-27(36)26(35)25(34)23(14-32)38-28/h3-10,19,23,25-28,32,34-36H,11-14H2,1-2H3/t19?,23-,25-,26-,27-,28-/m1/s1. The number of Topliss-reactive ketones (excluding diaryl/α,β-unsaturated/α-hetero) is 1. The minimum atomic E-state index is -1.54. The quantitative estimate of drug-likeness (QED) is 0.472. The van der Waals surface area contributed by atoms with Gasteiger partial charge in [-0.2, -0.15) is 0 Å². The fraction of sp³-hybridized carbons (Fsp3) is 0.448. The van der Waals surface area contributed by atoms with Crippen LogP contribution in [-0.4, -0.2) is 69.2 Å². The van der Waals surface area contributed by atoms with Crippen LogP contribution in [0.3, 0.4) is 0 Å². The third kappa shape index (κ3) is 5.17. The Balaban J connectivity index is 1.42. The second-order valence-electron chi connectivity index (χ2n) is 11.0. The van der Waals surface area contributed by atoms with Crippen molar-refractivity contribution in [3.8, 4) is 5.75 Å². The number of ether oxygens (including phenoxy) is 2. The van der Waals surface area contributed by atoms with E-state index in [1.54, 1.807) is 24.3 Å². The number of carbonyl (C=O) groups is 1. The highest BCUT2D eigenvalue weighted by molar-refractivity contribution is 6.07. The van der Waals surface area contributed by atoms with E-state index in [4.69, 9.17) is 14.5 Å². The van der Waals surface area contributed by atoms with E-state index >= 15 is 0 Å². The van der Waals surface area contributed by atoms with Crippen molar-refractivity contribution < 1.29 is 39.1 Å². The van der Waals surface area contributed by atoms with Crippen LogP contribution >= 0.6 is 0 Å². The lowest BCUT2D eigenvalue weighted by Gasteiger charge is -2.39. The van der Waals surface area contributed by atoms with Gasteiger partial charge in [-0.1, -0.05) is 38.1 Å². The molecule has 4 N–H and O–H groups in total. The van der Waals surface area contributed by atoms with Crippen LogP contribution in [0.4, 0.5) is 4.39 Å². The molecule has 2 aliphatic heterocycles. The van der Waals surface area contributed by atoms with Crippen molar-refractivity contribution in [1.82, 2.24) is 0 Å². The minimum Gasteiger partial charge on any atom is -0.462 e. The number of nitrogens with zero attached hydrogens (tertiary/aromatic N) is 1. The largest absolute Gasteiger partial charge is 0.462 e. The van der Waals surface area contributed by atoms with Gasteiger partial charge in [-0.3, -0.25) is 9.79 Å². The molecule has 6 atom stereocenters. The third-order valence-corrected chi connectivity index (χ3v) is 7.47. The lowest BCUT2D eigenvalue weighted by Crippen LogP contribution is -2.60. The van der Waals surface area contributed by atoms with Crippen molar-refractivity contribution in [3.05, 3.63) is 76.7 Å². The molecule has 0 amide bonds. The Morgan fingerprint density at radius 1 is 1.00 bits per heavy atom. The first-order valence-electron chi connectivity index (χ1n) is 12.7. The summed E-state index contributed by atoms with van der Waals surface area (Å²) in [6.45, 7) is 3.55. The molecule has 0 spiro atoms. The predicted octanol–water partition coefficient (Wildman–Crippen LogP) is 2.62. The molecule has 2 aromatic rings. The predicted molar refractivity (Wildman–Crippen MR) is 136 cm³/mol. The molecule has 2 heterocycles. The Hall–Kier alpha value is -2.95. The molecule has 0 bridgehead atoms. The molecule has 0 saturated carbocycles. The van der Waals surface area contributed by atoms with E-state index in [0.29, 0.717) is 30.6 Å². The summed E-state index contributed by atoms with van der Waals surface area (Å²) in [6, 6.07) is 13.2. The number of aliphatic hydroxyl groups is 4. The Morgan fingerprint density at radius 3 is 2.34 bits per heavy atom. The number of aliphatic imine (C=N–C) groups is 1. The molecule has 1 unspecified atom stereocenters. The number of rotatable bonds is 5. The molecular formula is C29H32FNO7.